The van der Waals surface area contributed by atoms with E-state index in [4.69, 9.17) is 0 Å². The van der Waals surface area contributed by atoms with Crippen molar-refractivity contribution in [2.75, 3.05) is 10.8 Å². The number of amides is 1. The first-order valence-corrected chi connectivity index (χ1v) is 11.1. The van der Waals surface area contributed by atoms with Crippen molar-refractivity contribution < 1.29 is 13.2 Å². The van der Waals surface area contributed by atoms with Crippen LogP contribution in [0, 0.1) is 6.92 Å². The summed E-state index contributed by atoms with van der Waals surface area (Å²) in [4.78, 5) is 13.0. The number of nitrogens with one attached hydrogen (secondary N) is 1. The molecule has 0 saturated carbocycles. The summed E-state index contributed by atoms with van der Waals surface area (Å²) in [5.74, 6) is -0.209. The molecule has 152 valence electrons. The first-order chi connectivity index (χ1) is 14.4. The number of aryl methyl sites for hydroxylation is 1. The minimum absolute atomic E-state index is 0.155. The quantitative estimate of drug-likeness (QED) is 0.629. The molecule has 0 bridgehead atoms. The van der Waals surface area contributed by atoms with Crippen LogP contribution in [0.4, 0.5) is 5.69 Å². The second-order valence-electron chi connectivity index (χ2n) is 7.22. The summed E-state index contributed by atoms with van der Waals surface area (Å²) in [6.07, 6.45) is 1.55. The lowest BCUT2D eigenvalue weighted by molar-refractivity contribution is 0.0951. The molecule has 5 nitrogen and oxygen atoms in total. The normalized spacial score (nSPS) is 13.8. The lowest BCUT2D eigenvalue weighted by atomic mass is 10.00. The Morgan fingerprint density at radius 2 is 1.77 bits per heavy atom. The summed E-state index contributed by atoms with van der Waals surface area (Å²) < 4.78 is 27.4. The minimum Gasteiger partial charge on any atom is -0.348 e. The highest BCUT2D eigenvalue weighted by Crippen LogP contribution is 2.43. The number of anilines is 1. The Morgan fingerprint density at radius 1 is 1.03 bits per heavy atom. The summed E-state index contributed by atoms with van der Waals surface area (Å²) in [5.41, 5.74) is 4.52. The fourth-order valence-corrected chi connectivity index (χ4v) is 5.24. The van der Waals surface area contributed by atoms with Crippen LogP contribution in [0.2, 0.25) is 0 Å². The molecule has 4 rings (SSSR count). The highest BCUT2D eigenvalue weighted by molar-refractivity contribution is 7.93. The Bertz CT molecular complexity index is 1230. The van der Waals surface area contributed by atoms with Crippen LogP contribution in [0.5, 0.6) is 0 Å². The van der Waals surface area contributed by atoms with Crippen molar-refractivity contribution in [3.05, 3.63) is 96.1 Å². The summed E-state index contributed by atoms with van der Waals surface area (Å²) in [6, 6.07) is 19.9. The van der Waals surface area contributed by atoms with Crippen LogP contribution in [0.1, 0.15) is 21.5 Å². The van der Waals surface area contributed by atoms with Crippen molar-refractivity contribution in [1.29, 1.82) is 0 Å². The maximum atomic E-state index is 13.1. The van der Waals surface area contributed by atoms with Crippen LogP contribution in [0.15, 0.2) is 84.3 Å². The Balaban J connectivity index is 1.69. The van der Waals surface area contributed by atoms with Gasteiger partial charge in [-0.15, -0.1) is 6.58 Å². The molecule has 3 aromatic rings. The molecule has 0 fully saturated rings. The van der Waals surface area contributed by atoms with E-state index in [0.717, 1.165) is 11.1 Å². The van der Waals surface area contributed by atoms with Crippen LogP contribution in [0.3, 0.4) is 0 Å². The molecule has 1 heterocycles. The molecule has 1 aliphatic rings. The molecule has 0 aromatic heterocycles. The van der Waals surface area contributed by atoms with Gasteiger partial charge in [0.15, 0.2) is 0 Å². The standard InChI is InChI=1S/C24H22N2O3S/c1-3-14-26-22-13-12-19(24(27)25-16-18-10-8-17(2)9-11-18)15-21(22)20-6-4-5-7-23(20)30(26,28)29/h3-13,15H,1,14,16H2,2H3,(H,25,27). The fourth-order valence-electron chi connectivity index (χ4n) is 3.58. The van der Waals surface area contributed by atoms with E-state index in [2.05, 4.69) is 11.9 Å². The van der Waals surface area contributed by atoms with E-state index in [0.29, 0.717) is 28.9 Å². The van der Waals surface area contributed by atoms with Crippen molar-refractivity contribution in [3.8, 4) is 11.1 Å². The van der Waals surface area contributed by atoms with Gasteiger partial charge in [0.2, 0.25) is 0 Å². The highest BCUT2D eigenvalue weighted by atomic mass is 32.2. The van der Waals surface area contributed by atoms with Gasteiger partial charge in [0.05, 0.1) is 17.1 Å². The number of nitrogens with zero attached hydrogens (tertiary/aromatic N) is 1. The van der Waals surface area contributed by atoms with E-state index in [1.165, 1.54) is 4.31 Å². The fraction of sp³-hybridized carbons (Fsp3) is 0.125. The molecule has 1 N–H and O–H groups in total. The van der Waals surface area contributed by atoms with Gasteiger partial charge in [-0.2, -0.15) is 0 Å². The third-order valence-electron chi connectivity index (χ3n) is 5.14. The molecule has 0 atom stereocenters. The van der Waals surface area contributed by atoms with Gasteiger partial charge in [0.25, 0.3) is 15.9 Å². The summed E-state index contributed by atoms with van der Waals surface area (Å²) in [7, 11) is -3.68. The van der Waals surface area contributed by atoms with Crippen LogP contribution in [0.25, 0.3) is 11.1 Å². The van der Waals surface area contributed by atoms with Crippen LogP contribution in [-0.2, 0) is 16.6 Å². The smallest absolute Gasteiger partial charge is 0.265 e. The molecular weight excluding hydrogens is 396 g/mol. The predicted molar refractivity (Wildman–Crippen MR) is 119 cm³/mol. The Hall–Kier alpha value is -3.38. The van der Waals surface area contributed by atoms with Crippen LogP contribution < -0.4 is 9.62 Å². The molecule has 1 aliphatic heterocycles. The van der Waals surface area contributed by atoms with E-state index < -0.39 is 10.0 Å². The molecule has 1 amide bonds. The number of rotatable bonds is 5. The number of carbonyl (C=O) groups is 1. The lowest BCUT2D eigenvalue weighted by Crippen LogP contribution is -2.34. The van der Waals surface area contributed by atoms with Crippen molar-refractivity contribution in [3.63, 3.8) is 0 Å². The number of hydrogen-bond donors (Lipinski definition) is 1. The van der Waals surface area contributed by atoms with Gasteiger partial charge >= 0.3 is 0 Å². The van der Waals surface area contributed by atoms with Gasteiger partial charge in [-0.25, -0.2) is 8.42 Å². The average Bonchev–Trinajstić information content (AvgIpc) is 2.76. The van der Waals surface area contributed by atoms with E-state index in [-0.39, 0.29) is 17.3 Å². The second-order valence-corrected chi connectivity index (χ2v) is 9.05. The van der Waals surface area contributed by atoms with Crippen molar-refractivity contribution in [1.82, 2.24) is 5.32 Å². The number of sulfonamides is 1. The molecular formula is C24H22N2O3S. The first-order valence-electron chi connectivity index (χ1n) is 9.62. The van der Waals surface area contributed by atoms with Gasteiger partial charge in [-0.05, 0) is 36.8 Å². The first kappa shape index (κ1) is 19.9. The Labute approximate surface area is 176 Å². The largest absolute Gasteiger partial charge is 0.348 e. The maximum absolute atomic E-state index is 13.1. The van der Waals surface area contributed by atoms with E-state index in [9.17, 15) is 13.2 Å². The van der Waals surface area contributed by atoms with Gasteiger partial charge in [0, 0.05) is 23.2 Å². The molecule has 0 radical (unpaired) electrons. The molecule has 3 aromatic carbocycles. The Kier molecular flexibility index (Phi) is 5.18. The van der Waals surface area contributed by atoms with Crippen LogP contribution >= 0.6 is 0 Å². The van der Waals surface area contributed by atoms with Crippen molar-refractivity contribution in [2.24, 2.45) is 0 Å². The van der Waals surface area contributed by atoms with E-state index in [1.54, 1.807) is 48.5 Å². The molecule has 0 unspecified atom stereocenters. The maximum Gasteiger partial charge on any atom is 0.265 e. The summed E-state index contributed by atoms with van der Waals surface area (Å²) in [5, 5.41) is 2.93. The van der Waals surface area contributed by atoms with Gasteiger partial charge in [-0.1, -0.05) is 54.1 Å². The second kappa shape index (κ2) is 7.80. The Morgan fingerprint density at radius 3 is 2.50 bits per heavy atom. The number of fused-ring (bicyclic) bond motifs is 3. The van der Waals surface area contributed by atoms with E-state index in [1.807, 2.05) is 31.2 Å². The predicted octanol–water partition coefficient (Wildman–Crippen LogP) is 4.29. The van der Waals surface area contributed by atoms with Gasteiger partial charge < -0.3 is 5.32 Å². The minimum atomic E-state index is -3.68. The van der Waals surface area contributed by atoms with E-state index >= 15 is 0 Å². The zero-order valence-electron chi connectivity index (χ0n) is 16.6. The third-order valence-corrected chi connectivity index (χ3v) is 6.98. The average molecular weight is 419 g/mol. The number of carbonyl (C=O) groups excluding carboxylic acids is 1. The number of hydrogen-bond acceptors (Lipinski definition) is 3. The molecule has 0 saturated heterocycles. The van der Waals surface area contributed by atoms with Crippen LogP contribution in [-0.4, -0.2) is 20.9 Å². The zero-order valence-corrected chi connectivity index (χ0v) is 17.4. The van der Waals surface area contributed by atoms with Gasteiger partial charge in [-0.3, -0.25) is 9.10 Å². The van der Waals surface area contributed by atoms with Gasteiger partial charge in [0.1, 0.15) is 0 Å². The summed E-state index contributed by atoms with van der Waals surface area (Å²) >= 11 is 0. The number of benzene rings is 3. The molecule has 0 aliphatic carbocycles. The van der Waals surface area contributed by atoms with Crippen molar-refractivity contribution >= 4 is 21.6 Å². The molecule has 0 spiro atoms. The lowest BCUT2D eigenvalue weighted by Gasteiger charge is -2.31. The zero-order chi connectivity index (χ0) is 21.3. The SMILES string of the molecule is C=CCN1c2ccc(C(=O)NCc3ccc(C)cc3)cc2-c2ccccc2S1(=O)=O. The molecule has 30 heavy (non-hydrogen) atoms. The topological polar surface area (TPSA) is 66.5 Å². The molecule has 6 heteroatoms. The third kappa shape index (κ3) is 3.50. The highest BCUT2D eigenvalue weighted by Gasteiger charge is 2.34. The monoisotopic (exact) mass is 418 g/mol. The summed E-state index contributed by atoms with van der Waals surface area (Å²) in [6.45, 7) is 6.28. The van der Waals surface area contributed by atoms with Crippen molar-refractivity contribution in [2.45, 2.75) is 18.4 Å².